The predicted octanol–water partition coefficient (Wildman–Crippen LogP) is 2.44. The Balaban J connectivity index is 1.70. The molecule has 106 valence electrons. The van der Waals surface area contributed by atoms with E-state index in [1.807, 2.05) is 24.3 Å². The molecule has 0 unspecified atom stereocenters. The first kappa shape index (κ1) is 13.8. The van der Waals surface area contributed by atoms with Crippen molar-refractivity contribution >= 4 is 27.6 Å². The lowest BCUT2D eigenvalue weighted by Gasteiger charge is -2.36. The van der Waals surface area contributed by atoms with Gasteiger partial charge in [-0.1, -0.05) is 12.1 Å². The zero-order chi connectivity index (χ0) is 14.7. The van der Waals surface area contributed by atoms with Crippen LogP contribution < -0.4 is 9.80 Å². The first-order valence-electron chi connectivity index (χ1n) is 6.74. The summed E-state index contributed by atoms with van der Waals surface area (Å²) >= 11 is 3.34. The Kier molecular flexibility index (Phi) is 4.02. The van der Waals surface area contributed by atoms with E-state index in [2.05, 4.69) is 41.8 Å². The second-order valence-corrected chi connectivity index (χ2v) is 5.72. The molecular formula is C15H14BrN5. The zero-order valence-electron chi connectivity index (χ0n) is 11.4. The first-order chi connectivity index (χ1) is 10.3. The maximum absolute atomic E-state index is 9.19. The van der Waals surface area contributed by atoms with E-state index in [1.54, 1.807) is 12.4 Å². The third kappa shape index (κ3) is 2.98. The minimum absolute atomic E-state index is 0.728. The van der Waals surface area contributed by atoms with Gasteiger partial charge in [-0.15, -0.1) is 0 Å². The molecule has 2 heterocycles. The summed E-state index contributed by atoms with van der Waals surface area (Å²) in [5.74, 6) is 0.756. The fourth-order valence-electron chi connectivity index (χ4n) is 2.46. The van der Waals surface area contributed by atoms with Crippen LogP contribution in [0.5, 0.6) is 0 Å². The predicted molar refractivity (Wildman–Crippen MR) is 85.3 cm³/mol. The van der Waals surface area contributed by atoms with Gasteiger partial charge in [-0.25, -0.2) is 9.97 Å². The Labute approximate surface area is 132 Å². The second-order valence-electron chi connectivity index (χ2n) is 4.80. The fourth-order valence-corrected chi connectivity index (χ4v) is 2.66. The summed E-state index contributed by atoms with van der Waals surface area (Å²) in [6.45, 7) is 3.42. The van der Waals surface area contributed by atoms with Crippen molar-refractivity contribution in [3.8, 4) is 6.07 Å². The smallest absolute Gasteiger partial charge is 0.225 e. The van der Waals surface area contributed by atoms with Crippen molar-refractivity contribution < 1.29 is 0 Å². The average Bonchev–Trinajstić information content (AvgIpc) is 2.56. The molecule has 0 N–H and O–H groups in total. The molecule has 0 spiro atoms. The van der Waals surface area contributed by atoms with Crippen LogP contribution in [-0.2, 0) is 0 Å². The number of hydrogen-bond acceptors (Lipinski definition) is 5. The molecular weight excluding hydrogens is 330 g/mol. The quantitative estimate of drug-likeness (QED) is 0.838. The highest BCUT2D eigenvalue weighted by molar-refractivity contribution is 9.10. The molecule has 2 aromatic rings. The number of anilines is 2. The summed E-state index contributed by atoms with van der Waals surface area (Å²) in [6, 6.07) is 9.99. The molecule has 1 aliphatic rings. The van der Waals surface area contributed by atoms with Crippen molar-refractivity contribution in [2.75, 3.05) is 36.0 Å². The molecule has 0 amide bonds. The number of nitrogens with zero attached hydrogens (tertiary/aromatic N) is 5. The third-order valence-electron chi connectivity index (χ3n) is 3.53. The van der Waals surface area contributed by atoms with Crippen LogP contribution in [0.4, 0.5) is 11.6 Å². The van der Waals surface area contributed by atoms with Gasteiger partial charge in [0.15, 0.2) is 0 Å². The Hall–Kier alpha value is -2.13. The van der Waals surface area contributed by atoms with E-state index >= 15 is 0 Å². The van der Waals surface area contributed by atoms with Crippen LogP contribution in [0.2, 0.25) is 0 Å². The normalized spacial score (nSPS) is 14.9. The third-order valence-corrected chi connectivity index (χ3v) is 3.94. The Morgan fingerprint density at radius 1 is 1.00 bits per heavy atom. The molecule has 1 aliphatic heterocycles. The molecule has 0 atom stereocenters. The summed E-state index contributed by atoms with van der Waals surface area (Å²) in [5.41, 5.74) is 1.74. The molecule has 1 aromatic carbocycles. The highest BCUT2D eigenvalue weighted by Gasteiger charge is 2.20. The van der Waals surface area contributed by atoms with Crippen molar-refractivity contribution in [2.45, 2.75) is 0 Å². The highest BCUT2D eigenvalue weighted by Crippen LogP contribution is 2.22. The zero-order valence-corrected chi connectivity index (χ0v) is 13.0. The van der Waals surface area contributed by atoms with Crippen LogP contribution in [0.15, 0.2) is 41.1 Å². The lowest BCUT2D eigenvalue weighted by Crippen LogP contribution is -2.47. The molecule has 21 heavy (non-hydrogen) atoms. The van der Waals surface area contributed by atoms with Gasteiger partial charge in [0.25, 0.3) is 0 Å². The van der Waals surface area contributed by atoms with Gasteiger partial charge in [-0.3, -0.25) is 0 Å². The minimum Gasteiger partial charge on any atom is -0.367 e. The van der Waals surface area contributed by atoms with Gasteiger partial charge in [-0.05, 0) is 28.1 Å². The number of halogens is 1. The maximum atomic E-state index is 9.19. The fraction of sp³-hybridized carbons (Fsp3) is 0.267. The number of nitriles is 1. The number of piperazine rings is 1. The standard InChI is InChI=1S/C15H14BrN5/c16-13-10-18-15(19-11-13)21-7-5-20(6-8-21)14-4-2-1-3-12(14)9-17/h1-4,10-11H,5-8H2. The SMILES string of the molecule is N#Cc1ccccc1N1CCN(c2ncc(Br)cn2)CC1. The number of aromatic nitrogens is 2. The van der Waals surface area contributed by atoms with Crippen LogP contribution in [0.3, 0.4) is 0 Å². The summed E-state index contributed by atoms with van der Waals surface area (Å²) in [7, 11) is 0. The van der Waals surface area contributed by atoms with Gasteiger partial charge >= 0.3 is 0 Å². The van der Waals surface area contributed by atoms with Crippen LogP contribution in [0.25, 0.3) is 0 Å². The molecule has 0 saturated carbocycles. The van der Waals surface area contributed by atoms with E-state index in [0.717, 1.165) is 47.9 Å². The molecule has 1 aromatic heterocycles. The highest BCUT2D eigenvalue weighted by atomic mass is 79.9. The molecule has 3 rings (SSSR count). The van der Waals surface area contributed by atoms with Gasteiger partial charge in [0, 0.05) is 38.6 Å². The molecule has 0 aliphatic carbocycles. The Morgan fingerprint density at radius 3 is 2.29 bits per heavy atom. The summed E-state index contributed by atoms with van der Waals surface area (Å²) in [4.78, 5) is 13.1. The number of para-hydroxylation sites is 1. The van der Waals surface area contributed by atoms with Gasteiger partial charge in [0.05, 0.1) is 15.7 Å². The molecule has 1 fully saturated rings. The molecule has 0 radical (unpaired) electrons. The van der Waals surface area contributed by atoms with Crippen LogP contribution >= 0.6 is 15.9 Å². The van der Waals surface area contributed by atoms with Gasteiger partial charge in [-0.2, -0.15) is 5.26 Å². The first-order valence-corrected chi connectivity index (χ1v) is 7.54. The Bertz CT molecular complexity index is 657. The minimum atomic E-state index is 0.728. The second kappa shape index (κ2) is 6.10. The average molecular weight is 344 g/mol. The molecule has 5 nitrogen and oxygen atoms in total. The van der Waals surface area contributed by atoms with Crippen molar-refractivity contribution in [1.82, 2.24) is 9.97 Å². The summed E-state index contributed by atoms with van der Waals surface area (Å²) in [6.07, 6.45) is 3.53. The van der Waals surface area contributed by atoms with Crippen LogP contribution in [0, 0.1) is 11.3 Å². The lowest BCUT2D eigenvalue weighted by molar-refractivity contribution is 0.639. The molecule has 6 heteroatoms. The number of benzene rings is 1. The molecule has 0 bridgehead atoms. The van der Waals surface area contributed by atoms with E-state index in [-0.39, 0.29) is 0 Å². The largest absolute Gasteiger partial charge is 0.367 e. The van der Waals surface area contributed by atoms with Crippen molar-refractivity contribution in [1.29, 1.82) is 5.26 Å². The van der Waals surface area contributed by atoms with Gasteiger partial charge in [0.1, 0.15) is 6.07 Å². The van der Waals surface area contributed by atoms with E-state index in [4.69, 9.17) is 0 Å². The number of hydrogen-bond donors (Lipinski definition) is 0. The van der Waals surface area contributed by atoms with Crippen LogP contribution in [-0.4, -0.2) is 36.1 Å². The topological polar surface area (TPSA) is 56.1 Å². The summed E-state index contributed by atoms with van der Waals surface area (Å²) in [5, 5.41) is 9.19. The van der Waals surface area contributed by atoms with Crippen LogP contribution in [0.1, 0.15) is 5.56 Å². The van der Waals surface area contributed by atoms with Crippen molar-refractivity contribution in [3.63, 3.8) is 0 Å². The lowest BCUT2D eigenvalue weighted by atomic mass is 10.1. The van der Waals surface area contributed by atoms with E-state index in [1.165, 1.54) is 0 Å². The van der Waals surface area contributed by atoms with E-state index in [9.17, 15) is 5.26 Å². The Morgan fingerprint density at radius 2 is 1.62 bits per heavy atom. The molecule has 1 saturated heterocycles. The van der Waals surface area contributed by atoms with Gasteiger partial charge < -0.3 is 9.80 Å². The monoisotopic (exact) mass is 343 g/mol. The van der Waals surface area contributed by atoms with E-state index < -0.39 is 0 Å². The summed E-state index contributed by atoms with van der Waals surface area (Å²) < 4.78 is 0.882. The van der Waals surface area contributed by atoms with Gasteiger partial charge in [0.2, 0.25) is 5.95 Å². The number of rotatable bonds is 2. The van der Waals surface area contributed by atoms with Crippen molar-refractivity contribution in [3.05, 3.63) is 46.7 Å². The van der Waals surface area contributed by atoms with Crippen molar-refractivity contribution in [2.24, 2.45) is 0 Å². The maximum Gasteiger partial charge on any atom is 0.225 e. The van der Waals surface area contributed by atoms with E-state index in [0.29, 0.717) is 0 Å².